The van der Waals surface area contributed by atoms with E-state index in [1.54, 1.807) is 7.11 Å². The molecular formula is C23H33N3O3. The van der Waals surface area contributed by atoms with E-state index < -0.39 is 0 Å². The highest BCUT2D eigenvalue weighted by Gasteiger charge is 2.21. The van der Waals surface area contributed by atoms with E-state index in [4.69, 9.17) is 14.2 Å². The summed E-state index contributed by atoms with van der Waals surface area (Å²) in [5.74, 6) is 1.86. The molecule has 158 valence electrons. The second-order valence-electron chi connectivity index (χ2n) is 7.20. The summed E-state index contributed by atoms with van der Waals surface area (Å²) in [4.78, 5) is 6.73. The van der Waals surface area contributed by atoms with Crippen molar-refractivity contribution in [2.24, 2.45) is 4.99 Å². The van der Waals surface area contributed by atoms with Gasteiger partial charge in [-0.1, -0.05) is 36.4 Å². The van der Waals surface area contributed by atoms with Crippen molar-refractivity contribution in [3.8, 4) is 5.75 Å². The molecule has 3 rings (SSSR count). The van der Waals surface area contributed by atoms with Gasteiger partial charge in [0.25, 0.3) is 0 Å². The maximum atomic E-state index is 6.02. The van der Waals surface area contributed by atoms with E-state index in [-0.39, 0.29) is 0 Å². The lowest BCUT2D eigenvalue weighted by atomic mass is 10.1. The quantitative estimate of drug-likeness (QED) is 0.398. The number of rotatable bonds is 9. The Morgan fingerprint density at radius 3 is 2.66 bits per heavy atom. The number of piperidine rings is 1. The van der Waals surface area contributed by atoms with Crippen LogP contribution in [0.5, 0.6) is 5.75 Å². The SMILES string of the molecule is CN=C(NCCOc1cccc2ccccc12)N1CCC(OCCCOC)CC1. The van der Waals surface area contributed by atoms with E-state index in [2.05, 4.69) is 33.4 Å². The van der Waals surface area contributed by atoms with Crippen LogP contribution in [0, 0.1) is 0 Å². The maximum Gasteiger partial charge on any atom is 0.193 e. The van der Waals surface area contributed by atoms with E-state index in [1.807, 2.05) is 31.3 Å². The molecule has 0 aliphatic carbocycles. The van der Waals surface area contributed by atoms with Crippen molar-refractivity contribution in [1.29, 1.82) is 0 Å². The number of benzene rings is 2. The molecule has 0 amide bonds. The van der Waals surface area contributed by atoms with Crippen molar-refractivity contribution in [3.63, 3.8) is 0 Å². The van der Waals surface area contributed by atoms with Crippen LogP contribution in [0.4, 0.5) is 0 Å². The van der Waals surface area contributed by atoms with Crippen LogP contribution in [0.3, 0.4) is 0 Å². The van der Waals surface area contributed by atoms with E-state index in [1.165, 1.54) is 5.39 Å². The van der Waals surface area contributed by atoms with Crippen molar-refractivity contribution in [1.82, 2.24) is 10.2 Å². The molecule has 1 fully saturated rings. The van der Waals surface area contributed by atoms with Gasteiger partial charge in [-0.3, -0.25) is 4.99 Å². The zero-order valence-corrected chi connectivity index (χ0v) is 17.6. The summed E-state index contributed by atoms with van der Waals surface area (Å²) in [6.07, 6.45) is 3.35. The van der Waals surface area contributed by atoms with Crippen molar-refractivity contribution in [2.45, 2.75) is 25.4 Å². The number of nitrogens with zero attached hydrogens (tertiary/aromatic N) is 2. The number of ether oxygens (including phenoxy) is 3. The van der Waals surface area contributed by atoms with Crippen LogP contribution in [0.25, 0.3) is 10.8 Å². The zero-order valence-electron chi connectivity index (χ0n) is 17.6. The molecule has 0 spiro atoms. The molecule has 6 nitrogen and oxygen atoms in total. The lowest BCUT2D eigenvalue weighted by Crippen LogP contribution is -2.47. The van der Waals surface area contributed by atoms with Gasteiger partial charge in [-0.2, -0.15) is 0 Å². The summed E-state index contributed by atoms with van der Waals surface area (Å²) in [6, 6.07) is 14.4. The van der Waals surface area contributed by atoms with Crippen molar-refractivity contribution in [3.05, 3.63) is 42.5 Å². The topological polar surface area (TPSA) is 55.3 Å². The molecule has 29 heavy (non-hydrogen) atoms. The highest BCUT2D eigenvalue weighted by atomic mass is 16.5. The molecule has 2 aromatic carbocycles. The molecule has 1 heterocycles. The van der Waals surface area contributed by atoms with E-state index in [0.29, 0.717) is 19.3 Å². The fraction of sp³-hybridized carbons (Fsp3) is 0.522. The Kier molecular flexibility index (Phi) is 8.58. The van der Waals surface area contributed by atoms with Crippen LogP contribution in [0.2, 0.25) is 0 Å². The van der Waals surface area contributed by atoms with Crippen LogP contribution in [0.15, 0.2) is 47.5 Å². The molecule has 0 saturated carbocycles. The van der Waals surface area contributed by atoms with Gasteiger partial charge in [-0.15, -0.1) is 0 Å². The Balaban J connectivity index is 1.39. The molecule has 2 aromatic rings. The normalized spacial score (nSPS) is 15.7. The average Bonchev–Trinajstić information content (AvgIpc) is 2.77. The first-order chi connectivity index (χ1) is 14.3. The minimum Gasteiger partial charge on any atom is -0.491 e. The first-order valence-electron chi connectivity index (χ1n) is 10.5. The Hall–Kier alpha value is -2.31. The van der Waals surface area contributed by atoms with Gasteiger partial charge in [0.15, 0.2) is 5.96 Å². The van der Waals surface area contributed by atoms with Crippen LogP contribution in [-0.2, 0) is 9.47 Å². The Bertz CT molecular complexity index is 768. The fourth-order valence-corrected chi connectivity index (χ4v) is 3.67. The number of methoxy groups -OCH3 is 1. The highest BCUT2D eigenvalue weighted by molar-refractivity contribution is 5.88. The molecule has 0 atom stereocenters. The fourth-order valence-electron chi connectivity index (χ4n) is 3.67. The van der Waals surface area contributed by atoms with Gasteiger partial charge in [0.05, 0.1) is 12.6 Å². The molecule has 0 aromatic heterocycles. The highest BCUT2D eigenvalue weighted by Crippen LogP contribution is 2.24. The third kappa shape index (κ3) is 6.34. The molecule has 1 aliphatic heterocycles. The van der Waals surface area contributed by atoms with Crippen LogP contribution in [-0.4, -0.2) is 70.6 Å². The molecule has 0 unspecified atom stereocenters. The predicted octanol–water partition coefficient (Wildman–Crippen LogP) is 3.31. The van der Waals surface area contributed by atoms with E-state index in [9.17, 15) is 0 Å². The number of hydrogen-bond acceptors (Lipinski definition) is 4. The molecule has 6 heteroatoms. The van der Waals surface area contributed by atoms with Crippen molar-refractivity contribution < 1.29 is 14.2 Å². The van der Waals surface area contributed by atoms with Gasteiger partial charge in [0, 0.05) is 45.8 Å². The number of nitrogens with one attached hydrogen (secondary N) is 1. The molecular weight excluding hydrogens is 366 g/mol. The summed E-state index contributed by atoms with van der Waals surface area (Å²) in [5.41, 5.74) is 0. The zero-order chi connectivity index (χ0) is 20.3. The molecule has 1 saturated heterocycles. The molecule has 1 N–H and O–H groups in total. The van der Waals surface area contributed by atoms with Gasteiger partial charge >= 0.3 is 0 Å². The van der Waals surface area contributed by atoms with Gasteiger partial charge in [-0.05, 0) is 30.7 Å². The minimum absolute atomic E-state index is 0.343. The van der Waals surface area contributed by atoms with Crippen LogP contribution >= 0.6 is 0 Å². The third-order valence-corrected chi connectivity index (χ3v) is 5.19. The second-order valence-corrected chi connectivity index (χ2v) is 7.20. The smallest absolute Gasteiger partial charge is 0.193 e. The van der Waals surface area contributed by atoms with Gasteiger partial charge in [0.1, 0.15) is 12.4 Å². The summed E-state index contributed by atoms with van der Waals surface area (Å²) < 4.78 is 17.0. The van der Waals surface area contributed by atoms with E-state index in [0.717, 1.165) is 62.7 Å². The monoisotopic (exact) mass is 399 g/mol. The lowest BCUT2D eigenvalue weighted by Gasteiger charge is -2.34. The Labute approximate surface area is 173 Å². The average molecular weight is 400 g/mol. The van der Waals surface area contributed by atoms with Gasteiger partial charge in [0.2, 0.25) is 0 Å². The lowest BCUT2D eigenvalue weighted by molar-refractivity contribution is 0.00989. The third-order valence-electron chi connectivity index (χ3n) is 5.19. The molecule has 1 aliphatic rings. The van der Waals surface area contributed by atoms with Crippen molar-refractivity contribution >= 4 is 16.7 Å². The first-order valence-corrected chi connectivity index (χ1v) is 10.5. The number of aliphatic imine (C=N–C) groups is 1. The van der Waals surface area contributed by atoms with Crippen LogP contribution in [0.1, 0.15) is 19.3 Å². The second kappa shape index (κ2) is 11.6. The standard InChI is InChI=1S/C23H33N3O3/c1-24-23(26-14-11-20(12-15-26)28-17-6-16-27-2)25-13-18-29-22-10-5-8-19-7-3-4-9-21(19)22/h3-5,7-10,20H,6,11-18H2,1-2H3,(H,24,25). The molecule has 0 radical (unpaired) electrons. The van der Waals surface area contributed by atoms with Crippen LogP contribution < -0.4 is 10.1 Å². The summed E-state index contributed by atoms with van der Waals surface area (Å²) >= 11 is 0. The number of likely N-dealkylation sites (tertiary alicyclic amines) is 1. The Morgan fingerprint density at radius 1 is 1.07 bits per heavy atom. The Morgan fingerprint density at radius 2 is 1.86 bits per heavy atom. The summed E-state index contributed by atoms with van der Waals surface area (Å²) in [5, 5.41) is 5.77. The maximum absolute atomic E-state index is 6.02. The van der Waals surface area contributed by atoms with Gasteiger partial charge in [-0.25, -0.2) is 0 Å². The van der Waals surface area contributed by atoms with Gasteiger partial charge < -0.3 is 24.4 Å². The summed E-state index contributed by atoms with van der Waals surface area (Å²) in [6.45, 7) is 4.75. The number of fused-ring (bicyclic) bond motifs is 1. The number of hydrogen-bond donors (Lipinski definition) is 1. The first kappa shape index (κ1) is 21.4. The van der Waals surface area contributed by atoms with Crippen molar-refractivity contribution in [2.75, 3.05) is 53.6 Å². The largest absolute Gasteiger partial charge is 0.491 e. The molecule has 0 bridgehead atoms. The van der Waals surface area contributed by atoms with E-state index >= 15 is 0 Å². The minimum atomic E-state index is 0.343. The predicted molar refractivity (Wildman–Crippen MR) is 118 cm³/mol. The number of guanidine groups is 1. The summed E-state index contributed by atoms with van der Waals surface area (Å²) in [7, 11) is 3.56.